The van der Waals surface area contributed by atoms with E-state index in [1.54, 1.807) is 20.8 Å². The third kappa shape index (κ3) is 4.01. The fourth-order valence-electron chi connectivity index (χ4n) is 1.23. The topological polar surface area (TPSA) is 39.2 Å². The van der Waals surface area contributed by atoms with Crippen LogP contribution in [0.15, 0.2) is 18.3 Å². The number of halogens is 3. The number of aromatic nitrogens is 1. The van der Waals surface area contributed by atoms with Crippen molar-refractivity contribution >= 4 is 5.78 Å². The van der Waals surface area contributed by atoms with Crippen molar-refractivity contribution in [1.82, 2.24) is 4.98 Å². The highest BCUT2D eigenvalue weighted by molar-refractivity contribution is 6.01. The predicted octanol–water partition coefficient (Wildman–Crippen LogP) is 3.25. The number of hydrogen-bond acceptors (Lipinski definition) is 3. The molecule has 0 aromatic carbocycles. The number of ether oxygens (including phenoxy) is 1. The van der Waals surface area contributed by atoms with Crippen LogP contribution in [-0.4, -0.2) is 23.6 Å². The minimum absolute atomic E-state index is 0.0641. The smallest absolute Gasteiger partial charge is 0.422 e. The van der Waals surface area contributed by atoms with E-state index < -0.39 is 18.2 Å². The Labute approximate surface area is 103 Å². The van der Waals surface area contributed by atoms with Gasteiger partial charge in [-0.25, -0.2) is 4.98 Å². The summed E-state index contributed by atoms with van der Waals surface area (Å²) in [6.07, 6.45) is -3.18. The van der Waals surface area contributed by atoms with E-state index in [1.807, 2.05) is 0 Å². The first-order valence-electron chi connectivity index (χ1n) is 5.30. The van der Waals surface area contributed by atoms with Gasteiger partial charge in [0.1, 0.15) is 0 Å². The second-order valence-corrected chi connectivity index (χ2v) is 4.84. The molecule has 0 bridgehead atoms. The summed E-state index contributed by atoms with van der Waals surface area (Å²) in [7, 11) is 0. The van der Waals surface area contributed by atoms with Gasteiger partial charge in [-0.3, -0.25) is 4.79 Å². The van der Waals surface area contributed by atoms with Crippen molar-refractivity contribution in [2.75, 3.05) is 6.61 Å². The van der Waals surface area contributed by atoms with E-state index in [1.165, 1.54) is 18.3 Å². The lowest BCUT2D eigenvalue weighted by Crippen LogP contribution is -2.24. The van der Waals surface area contributed by atoms with E-state index in [2.05, 4.69) is 9.72 Å². The van der Waals surface area contributed by atoms with Crippen molar-refractivity contribution in [2.45, 2.75) is 26.9 Å². The number of carbonyl (C=O) groups excluding carboxylic acids is 1. The van der Waals surface area contributed by atoms with E-state index in [4.69, 9.17) is 0 Å². The first-order chi connectivity index (χ1) is 8.11. The van der Waals surface area contributed by atoms with E-state index in [9.17, 15) is 18.0 Å². The molecule has 0 unspecified atom stereocenters. The van der Waals surface area contributed by atoms with Crippen LogP contribution in [-0.2, 0) is 0 Å². The zero-order valence-corrected chi connectivity index (χ0v) is 10.3. The van der Waals surface area contributed by atoms with Crippen molar-refractivity contribution in [2.24, 2.45) is 5.41 Å². The van der Waals surface area contributed by atoms with Gasteiger partial charge in [-0.05, 0) is 12.1 Å². The first kappa shape index (κ1) is 14.5. The SMILES string of the molecule is CC(C)(C)C(=O)c1cccnc1OCC(F)(F)F. The molecule has 0 aliphatic rings. The number of hydrogen-bond donors (Lipinski definition) is 0. The third-order valence-electron chi connectivity index (χ3n) is 2.07. The lowest BCUT2D eigenvalue weighted by atomic mass is 9.87. The second-order valence-electron chi connectivity index (χ2n) is 4.84. The van der Waals surface area contributed by atoms with Crippen LogP contribution in [0.25, 0.3) is 0 Å². The molecule has 6 heteroatoms. The Morgan fingerprint density at radius 2 is 1.94 bits per heavy atom. The Morgan fingerprint density at radius 3 is 2.44 bits per heavy atom. The minimum Gasteiger partial charge on any atom is -0.467 e. The molecule has 0 aliphatic heterocycles. The molecule has 18 heavy (non-hydrogen) atoms. The lowest BCUT2D eigenvalue weighted by Gasteiger charge is -2.18. The fourth-order valence-corrected chi connectivity index (χ4v) is 1.23. The maximum Gasteiger partial charge on any atom is 0.422 e. The molecule has 0 saturated carbocycles. The monoisotopic (exact) mass is 261 g/mol. The van der Waals surface area contributed by atoms with Gasteiger partial charge in [-0.1, -0.05) is 20.8 Å². The van der Waals surface area contributed by atoms with E-state index in [0.717, 1.165) is 0 Å². The van der Waals surface area contributed by atoms with Gasteiger partial charge in [0.05, 0.1) is 5.56 Å². The number of pyridine rings is 1. The molecular formula is C12H14F3NO2. The molecule has 0 atom stereocenters. The third-order valence-corrected chi connectivity index (χ3v) is 2.07. The average Bonchev–Trinajstić information content (AvgIpc) is 2.23. The predicted molar refractivity (Wildman–Crippen MR) is 59.6 cm³/mol. The van der Waals surface area contributed by atoms with E-state index >= 15 is 0 Å². The number of alkyl halides is 3. The van der Waals surface area contributed by atoms with Crippen LogP contribution >= 0.6 is 0 Å². The van der Waals surface area contributed by atoms with Crippen molar-refractivity contribution < 1.29 is 22.7 Å². The Hall–Kier alpha value is -1.59. The Balaban J connectivity index is 2.97. The van der Waals surface area contributed by atoms with E-state index in [-0.39, 0.29) is 17.2 Å². The zero-order chi connectivity index (χ0) is 14.0. The Morgan fingerprint density at radius 1 is 1.33 bits per heavy atom. The summed E-state index contributed by atoms with van der Waals surface area (Å²) in [5, 5.41) is 0. The highest BCUT2D eigenvalue weighted by Gasteiger charge is 2.31. The molecule has 100 valence electrons. The Kier molecular flexibility index (Phi) is 3.98. The van der Waals surface area contributed by atoms with Crippen LogP contribution in [0.2, 0.25) is 0 Å². The second kappa shape index (κ2) is 4.96. The molecule has 0 saturated heterocycles. The summed E-state index contributed by atoms with van der Waals surface area (Å²) in [6, 6.07) is 2.89. The minimum atomic E-state index is -4.46. The number of rotatable bonds is 3. The lowest BCUT2D eigenvalue weighted by molar-refractivity contribution is -0.154. The van der Waals surface area contributed by atoms with Gasteiger partial charge in [-0.15, -0.1) is 0 Å². The molecule has 0 spiro atoms. The van der Waals surface area contributed by atoms with Crippen molar-refractivity contribution in [1.29, 1.82) is 0 Å². The summed E-state index contributed by atoms with van der Waals surface area (Å²) in [4.78, 5) is 15.7. The van der Waals surface area contributed by atoms with Gasteiger partial charge in [0.25, 0.3) is 0 Å². The van der Waals surface area contributed by atoms with Crippen LogP contribution in [0.4, 0.5) is 13.2 Å². The average molecular weight is 261 g/mol. The summed E-state index contributed by atoms with van der Waals surface area (Å²) >= 11 is 0. The van der Waals surface area contributed by atoms with Gasteiger partial charge in [0.2, 0.25) is 5.88 Å². The summed E-state index contributed by atoms with van der Waals surface area (Å²) < 4.78 is 40.8. The van der Waals surface area contributed by atoms with Gasteiger partial charge >= 0.3 is 6.18 Å². The number of ketones is 1. The van der Waals surface area contributed by atoms with Crippen LogP contribution in [0.5, 0.6) is 5.88 Å². The van der Waals surface area contributed by atoms with Gasteiger partial charge < -0.3 is 4.74 Å². The van der Waals surface area contributed by atoms with Gasteiger partial charge in [0.15, 0.2) is 12.4 Å². The number of nitrogens with zero attached hydrogens (tertiary/aromatic N) is 1. The van der Waals surface area contributed by atoms with Crippen LogP contribution < -0.4 is 4.74 Å². The largest absolute Gasteiger partial charge is 0.467 e. The molecule has 1 aromatic rings. The summed E-state index contributed by atoms with van der Waals surface area (Å²) in [5.41, 5.74) is -0.645. The number of carbonyl (C=O) groups is 1. The summed E-state index contributed by atoms with van der Waals surface area (Å²) in [6.45, 7) is 3.57. The van der Waals surface area contributed by atoms with Crippen LogP contribution in [0.1, 0.15) is 31.1 Å². The molecule has 3 nitrogen and oxygen atoms in total. The summed E-state index contributed by atoms with van der Waals surface area (Å²) in [5.74, 6) is -0.595. The molecule has 0 fully saturated rings. The molecule has 1 heterocycles. The zero-order valence-electron chi connectivity index (χ0n) is 10.3. The molecule has 0 radical (unpaired) electrons. The molecule has 0 amide bonds. The molecule has 1 aromatic heterocycles. The van der Waals surface area contributed by atoms with Gasteiger partial charge in [-0.2, -0.15) is 13.2 Å². The van der Waals surface area contributed by atoms with Crippen molar-refractivity contribution in [3.63, 3.8) is 0 Å². The normalized spacial score (nSPS) is 12.3. The highest BCUT2D eigenvalue weighted by Crippen LogP contribution is 2.26. The number of Topliss-reactive ketones (excluding diaryl/α,β-unsaturated/α-hetero) is 1. The van der Waals surface area contributed by atoms with Crippen LogP contribution in [0, 0.1) is 5.41 Å². The molecule has 0 aliphatic carbocycles. The van der Waals surface area contributed by atoms with E-state index in [0.29, 0.717) is 0 Å². The Bertz CT molecular complexity index is 436. The quantitative estimate of drug-likeness (QED) is 0.784. The fraction of sp³-hybridized carbons (Fsp3) is 0.500. The van der Waals surface area contributed by atoms with Crippen molar-refractivity contribution in [3.05, 3.63) is 23.9 Å². The highest BCUT2D eigenvalue weighted by atomic mass is 19.4. The van der Waals surface area contributed by atoms with Gasteiger partial charge in [0, 0.05) is 11.6 Å². The molecule has 0 N–H and O–H groups in total. The molecular weight excluding hydrogens is 247 g/mol. The van der Waals surface area contributed by atoms with Crippen LogP contribution in [0.3, 0.4) is 0 Å². The van der Waals surface area contributed by atoms with Crippen molar-refractivity contribution in [3.8, 4) is 5.88 Å². The molecule has 1 rings (SSSR count). The maximum atomic E-state index is 12.1. The standard InChI is InChI=1S/C12H14F3NO2/c1-11(2,3)9(17)8-5-4-6-16-10(8)18-7-12(13,14)15/h4-6H,7H2,1-3H3. The first-order valence-corrected chi connectivity index (χ1v) is 5.30. The maximum absolute atomic E-state index is 12.1.